The molecule has 3 nitrogen and oxygen atoms in total. The Labute approximate surface area is 78.9 Å². The van der Waals surface area contributed by atoms with E-state index in [4.69, 9.17) is 10.5 Å². The fourth-order valence-electron chi connectivity index (χ4n) is 1.22. The number of rotatable bonds is 2. The quantitative estimate of drug-likeness (QED) is 0.758. The van der Waals surface area contributed by atoms with Crippen LogP contribution in [0, 0.1) is 6.92 Å². The number of nitrogens with zero attached hydrogens (tertiary/aromatic N) is 1. The number of pyridine rings is 1. The maximum absolute atomic E-state index is 5.89. The molecule has 0 saturated carbocycles. The predicted octanol–water partition coefficient (Wildman–Crippen LogP) is 2.10. The zero-order valence-electron chi connectivity index (χ0n) is 8.59. The minimum absolute atomic E-state index is 0.328. The van der Waals surface area contributed by atoms with Gasteiger partial charge in [-0.25, -0.2) is 4.98 Å². The van der Waals surface area contributed by atoms with Gasteiger partial charge in [-0.3, -0.25) is 0 Å². The predicted molar refractivity (Wildman–Crippen MR) is 54.0 cm³/mol. The highest BCUT2D eigenvalue weighted by Crippen LogP contribution is 2.25. The van der Waals surface area contributed by atoms with Gasteiger partial charge in [0.1, 0.15) is 0 Å². The lowest BCUT2D eigenvalue weighted by molar-refractivity contribution is 0.395. The lowest BCUT2D eigenvalue weighted by atomic mass is 10.1. The Morgan fingerprint density at radius 2 is 2.08 bits per heavy atom. The van der Waals surface area contributed by atoms with Crippen LogP contribution >= 0.6 is 0 Å². The number of nitrogens with two attached hydrogens (primary N) is 1. The van der Waals surface area contributed by atoms with Crippen LogP contribution in [0.2, 0.25) is 0 Å². The average Bonchev–Trinajstić information content (AvgIpc) is 2.09. The molecule has 0 aromatic carbocycles. The molecule has 13 heavy (non-hydrogen) atoms. The van der Waals surface area contributed by atoms with Crippen LogP contribution in [0.15, 0.2) is 6.07 Å². The van der Waals surface area contributed by atoms with Crippen molar-refractivity contribution < 1.29 is 4.74 Å². The van der Waals surface area contributed by atoms with Crippen LogP contribution < -0.4 is 10.5 Å². The molecule has 0 spiro atoms. The molecule has 0 radical (unpaired) electrons. The van der Waals surface area contributed by atoms with E-state index >= 15 is 0 Å². The topological polar surface area (TPSA) is 48.1 Å². The Balaban J connectivity index is 3.25. The van der Waals surface area contributed by atoms with E-state index in [1.807, 2.05) is 13.0 Å². The van der Waals surface area contributed by atoms with Gasteiger partial charge in [0.05, 0.1) is 18.5 Å². The van der Waals surface area contributed by atoms with E-state index in [1.165, 1.54) is 0 Å². The zero-order chi connectivity index (χ0) is 10.0. The number of aromatic nitrogens is 1. The second kappa shape index (κ2) is 3.64. The van der Waals surface area contributed by atoms with Crippen molar-refractivity contribution in [2.45, 2.75) is 26.7 Å². The summed E-state index contributed by atoms with van der Waals surface area (Å²) in [6.07, 6.45) is 0. The summed E-state index contributed by atoms with van der Waals surface area (Å²) in [5.41, 5.74) is 8.60. The molecule has 0 saturated heterocycles. The van der Waals surface area contributed by atoms with E-state index in [1.54, 1.807) is 7.11 Å². The molecule has 1 heterocycles. The van der Waals surface area contributed by atoms with E-state index < -0.39 is 0 Å². The summed E-state index contributed by atoms with van der Waals surface area (Å²) >= 11 is 0. The summed E-state index contributed by atoms with van der Waals surface area (Å²) in [5.74, 6) is 0.962. The smallest absolute Gasteiger partial charge is 0.213 e. The van der Waals surface area contributed by atoms with Crippen LogP contribution in [0.5, 0.6) is 5.88 Å². The number of ether oxygens (including phenoxy) is 1. The van der Waals surface area contributed by atoms with Gasteiger partial charge in [0.15, 0.2) is 0 Å². The molecular weight excluding hydrogens is 164 g/mol. The summed E-state index contributed by atoms with van der Waals surface area (Å²) < 4.78 is 5.07. The maximum Gasteiger partial charge on any atom is 0.213 e. The monoisotopic (exact) mass is 180 g/mol. The van der Waals surface area contributed by atoms with Gasteiger partial charge in [-0.15, -0.1) is 0 Å². The van der Waals surface area contributed by atoms with E-state index in [2.05, 4.69) is 18.8 Å². The summed E-state index contributed by atoms with van der Waals surface area (Å²) in [6, 6.07) is 1.85. The minimum atomic E-state index is 0.328. The molecule has 0 fully saturated rings. The molecule has 72 valence electrons. The molecule has 0 atom stereocenters. The van der Waals surface area contributed by atoms with Crippen molar-refractivity contribution in [1.29, 1.82) is 0 Å². The molecule has 1 rings (SSSR count). The lowest BCUT2D eigenvalue weighted by Crippen LogP contribution is -2.03. The van der Waals surface area contributed by atoms with Crippen molar-refractivity contribution >= 4 is 5.69 Å². The van der Waals surface area contributed by atoms with Gasteiger partial charge in [-0.2, -0.15) is 0 Å². The number of nitrogen functional groups attached to an aromatic ring is 1. The van der Waals surface area contributed by atoms with Gasteiger partial charge in [0.25, 0.3) is 0 Å². The molecule has 0 unspecified atom stereocenters. The van der Waals surface area contributed by atoms with E-state index in [0.29, 0.717) is 11.8 Å². The molecule has 0 aliphatic rings. The first-order valence-electron chi connectivity index (χ1n) is 4.37. The summed E-state index contributed by atoms with van der Waals surface area (Å²) in [7, 11) is 1.61. The second-order valence-electron chi connectivity index (χ2n) is 3.44. The molecule has 1 aromatic rings. The first-order valence-corrected chi connectivity index (χ1v) is 4.37. The zero-order valence-corrected chi connectivity index (χ0v) is 8.59. The van der Waals surface area contributed by atoms with Gasteiger partial charge in [0, 0.05) is 6.07 Å². The fourth-order valence-corrected chi connectivity index (χ4v) is 1.22. The Morgan fingerprint density at radius 3 is 2.54 bits per heavy atom. The third-order valence-corrected chi connectivity index (χ3v) is 2.03. The van der Waals surface area contributed by atoms with Crippen molar-refractivity contribution in [3.8, 4) is 5.88 Å². The Kier molecular flexibility index (Phi) is 2.76. The van der Waals surface area contributed by atoms with Crippen molar-refractivity contribution in [2.75, 3.05) is 12.8 Å². The molecule has 0 aliphatic carbocycles. The fraction of sp³-hybridized carbons (Fsp3) is 0.500. The maximum atomic E-state index is 5.89. The average molecular weight is 180 g/mol. The minimum Gasteiger partial charge on any atom is -0.481 e. The van der Waals surface area contributed by atoms with Gasteiger partial charge >= 0.3 is 0 Å². The highest BCUT2D eigenvalue weighted by molar-refractivity contribution is 5.53. The Hall–Kier alpha value is -1.25. The first-order chi connectivity index (χ1) is 6.06. The van der Waals surface area contributed by atoms with Gasteiger partial charge in [0.2, 0.25) is 5.88 Å². The summed E-state index contributed by atoms with van der Waals surface area (Å²) in [4.78, 5) is 4.30. The van der Waals surface area contributed by atoms with Gasteiger partial charge < -0.3 is 10.5 Å². The number of hydrogen-bond acceptors (Lipinski definition) is 3. The number of aryl methyl sites for hydroxylation is 1. The molecule has 2 N–H and O–H groups in total. The molecule has 3 heteroatoms. The van der Waals surface area contributed by atoms with Gasteiger partial charge in [-0.1, -0.05) is 13.8 Å². The van der Waals surface area contributed by atoms with Crippen LogP contribution in [0.1, 0.15) is 31.0 Å². The standard InChI is InChI=1S/C10H16N2O/c1-6(2)10-9(11)7(3)5-8(12-10)13-4/h5-6H,11H2,1-4H3. The summed E-state index contributed by atoms with van der Waals surface area (Å²) in [6.45, 7) is 6.10. The van der Waals surface area contributed by atoms with Crippen LogP contribution in [0.25, 0.3) is 0 Å². The number of methoxy groups -OCH3 is 1. The van der Waals surface area contributed by atoms with Gasteiger partial charge in [-0.05, 0) is 18.4 Å². The molecular formula is C10H16N2O. The van der Waals surface area contributed by atoms with E-state index in [9.17, 15) is 0 Å². The van der Waals surface area contributed by atoms with Crippen LogP contribution in [-0.4, -0.2) is 12.1 Å². The lowest BCUT2D eigenvalue weighted by Gasteiger charge is -2.12. The first kappa shape index (κ1) is 9.84. The molecule has 1 aromatic heterocycles. The number of hydrogen-bond donors (Lipinski definition) is 1. The third kappa shape index (κ3) is 1.91. The molecule has 0 aliphatic heterocycles. The Morgan fingerprint density at radius 1 is 1.46 bits per heavy atom. The van der Waals surface area contributed by atoms with Crippen molar-refractivity contribution in [3.05, 3.63) is 17.3 Å². The normalized spacial score (nSPS) is 10.5. The van der Waals surface area contributed by atoms with Crippen LogP contribution in [-0.2, 0) is 0 Å². The largest absolute Gasteiger partial charge is 0.481 e. The molecule has 0 bridgehead atoms. The molecule has 0 amide bonds. The summed E-state index contributed by atoms with van der Waals surface area (Å²) in [5, 5.41) is 0. The second-order valence-corrected chi connectivity index (χ2v) is 3.44. The van der Waals surface area contributed by atoms with Crippen LogP contribution in [0.3, 0.4) is 0 Å². The highest BCUT2D eigenvalue weighted by atomic mass is 16.5. The van der Waals surface area contributed by atoms with Crippen molar-refractivity contribution in [1.82, 2.24) is 4.98 Å². The SMILES string of the molecule is COc1cc(C)c(N)c(C(C)C)n1. The number of anilines is 1. The van der Waals surface area contributed by atoms with Crippen molar-refractivity contribution in [2.24, 2.45) is 0 Å². The van der Waals surface area contributed by atoms with Crippen LogP contribution in [0.4, 0.5) is 5.69 Å². The third-order valence-electron chi connectivity index (χ3n) is 2.03. The van der Waals surface area contributed by atoms with Crippen molar-refractivity contribution in [3.63, 3.8) is 0 Å². The highest BCUT2D eigenvalue weighted by Gasteiger charge is 2.10. The van der Waals surface area contributed by atoms with E-state index in [0.717, 1.165) is 16.9 Å². The Bertz CT molecular complexity index is 308. The van der Waals surface area contributed by atoms with E-state index in [-0.39, 0.29) is 0 Å².